The number of hydrogen-bond donors (Lipinski definition) is 1. The second-order valence-corrected chi connectivity index (χ2v) is 6.70. The van der Waals surface area contributed by atoms with E-state index in [1.54, 1.807) is 12.1 Å². The zero-order chi connectivity index (χ0) is 17.1. The minimum Gasteiger partial charge on any atom is -0.478 e. The predicted octanol–water partition coefficient (Wildman–Crippen LogP) is 3.27. The van der Waals surface area contributed by atoms with E-state index < -0.39 is 5.97 Å². The van der Waals surface area contributed by atoms with Crippen LogP contribution in [-0.4, -0.2) is 39.2 Å². The molecule has 1 fully saturated rings. The van der Waals surface area contributed by atoms with Gasteiger partial charge in [0.25, 0.3) is 0 Å². The van der Waals surface area contributed by atoms with E-state index in [1.807, 2.05) is 26.0 Å². The Morgan fingerprint density at radius 3 is 2.75 bits per heavy atom. The average molecular weight is 329 g/mol. The lowest BCUT2D eigenvalue weighted by Gasteiger charge is -2.32. The molecule has 1 aromatic heterocycles. The first kappa shape index (κ1) is 16.6. The van der Waals surface area contributed by atoms with Crippen LogP contribution in [0.4, 0.5) is 0 Å². The zero-order valence-corrected chi connectivity index (χ0v) is 14.1. The highest BCUT2D eigenvalue weighted by molar-refractivity contribution is 5.87. The molecule has 6 heteroatoms. The van der Waals surface area contributed by atoms with Gasteiger partial charge < -0.3 is 9.63 Å². The van der Waals surface area contributed by atoms with Crippen LogP contribution in [0, 0.1) is 0 Å². The molecule has 1 aromatic carbocycles. The average Bonchev–Trinajstić information content (AvgIpc) is 3.04. The fourth-order valence-corrected chi connectivity index (χ4v) is 3.14. The van der Waals surface area contributed by atoms with E-state index in [0.29, 0.717) is 23.9 Å². The Kier molecular flexibility index (Phi) is 4.94. The normalized spacial score (nSPS) is 18.9. The molecule has 0 bridgehead atoms. The molecule has 1 aliphatic rings. The Morgan fingerprint density at radius 2 is 2.12 bits per heavy atom. The van der Waals surface area contributed by atoms with Crippen molar-refractivity contribution < 1.29 is 14.4 Å². The molecule has 0 spiro atoms. The molecular formula is C18H23N3O3. The molecule has 3 rings (SSSR count). The first-order valence-corrected chi connectivity index (χ1v) is 8.41. The van der Waals surface area contributed by atoms with Gasteiger partial charge in [0, 0.05) is 12.5 Å². The quantitative estimate of drug-likeness (QED) is 0.907. The first-order chi connectivity index (χ1) is 11.5. The summed E-state index contributed by atoms with van der Waals surface area (Å²) in [6.45, 7) is 6.72. The fourth-order valence-electron chi connectivity index (χ4n) is 3.14. The van der Waals surface area contributed by atoms with Crippen molar-refractivity contribution in [3.8, 4) is 0 Å². The van der Waals surface area contributed by atoms with Crippen molar-refractivity contribution in [2.75, 3.05) is 13.1 Å². The van der Waals surface area contributed by atoms with Gasteiger partial charge in [-0.3, -0.25) is 4.90 Å². The number of piperidine rings is 1. The summed E-state index contributed by atoms with van der Waals surface area (Å²) in [5, 5.41) is 13.1. The van der Waals surface area contributed by atoms with Crippen LogP contribution in [0.3, 0.4) is 0 Å². The SMILES string of the molecule is CC(C)c1nc(CN2CCC[C@@H](c3ccc(C(=O)O)cc3)C2)no1. The number of likely N-dealkylation sites (tertiary alicyclic amines) is 1. The second-order valence-electron chi connectivity index (χ2n) is 6.70. The summed E-state index contributed by atoms with van der Waals surface area (Å²) in [5.74, 6) is 1.19. The van der Waals surface area contributed by atoms with E-state index in [1.165, 1.54) is 5.56 Å². The van der Waals surface area contributed by atoms with Crippen LogP contribution in [0.2, 0.25) is 0 Å². The number of carboxylic acids is 1. The maximum absolute atomic E-state index is 11.0. The Labute approximate surface area is 141 Å². The Bertz CT molecular complexity index is 694. The molecule has 1 N–H and O–H groups in total. The predicted molar refractivity (Wildman–Crippen MR) is 89.0 cm³/mol. The summed E-state index contributed by atoms with van der Waals surface area (Å²) >= 11 is 0. The van der Waals surface area contributed by atoms with E-state index in [4.69, 9.17) is 9.63 Å². The molecule has 6 nitrogen and oxygen atoms in total. The highest BCUT2D eigenvalue weighted by atomic mass is 16.5. The molecule has 2 aromatic rings. The molecule has 1 atom stereocenters. The molecule has 0 aliphatic carbocycles. The zero-order valence-electron chi connectivity index (χ0n) is 14.1. The third-order valence-electron chi connectivity index (χ3n) is 4.48. The van der Waals surface area contributed by atoms with Crippen molar-refractivity contribution in [2.24, 2.45) is 0 Å². The highest BCUT2D eigenvalue weighted by Crippen LogP contribution is 2.28. The van der Waals surface area contributed by atoms with Crippen LogP contribution in [-0.2, 0) is 6.54 Å². The summed E-state index contributed by atoms with van der Waals surface area (Å²) in [6, 6.07) is 7.24. The van der Waals surface area contributed by atoms with Gasteiger partial charge in [-0.1, -0.05) is 31.1 Å². The third kappa shape index (κ3) is 3.82. The summed E-state index contributed by atoms with van der Waals surface area (Å²) < 4.78 is 5.27. The number of carbonyl (C=O) groups is 1. The fraction of sp³-hybridized carbons (Fsp3) is 0.500. The van der Waals surface area contributed by atoms with Gasteiger partial charge in [-0.15, -0.1) is 0 Å². The maximum Gasteiger partial charge on any atom is 0.335 e. The summed E-state index contributed by atoms with van der Waals surface area (Å²) in [4.78, 5) is 17.8. The molecule has 1 aliphatic heterocycles. The summed E-state index contributed by atoms with van der Waals surface area (Å²) in [7, 11) is 0. The number of hydrogen-bond acceptors (Lipinski definition) is 5. The van der Waals surface area contributed by atoms with Crippen LogP contribution >= 0.6 is 0 Å². The number of carboxylic acid groups (broad SMARTS) is 1. The van der Waals surface area contributed by atoms with Crippen molar-refractivity contribution in [3.05, 3.63) is 47.1 Å². The van der Waals surface area contributed by atoms with E-state index in [9.17, 15) is 4.79 Å². The minimum atomic E-state index is -0.884. The number of aromatic nitrogens is 2. The van der Waals surface area contributed by atoms with Crippen LogP contribution in [0.1, 0.15) is 66.2 Å². The van der Waals surface area contributed by atoms with Gasteiger partial charge >= 0.3 is 5.97 Å². The van der Waals surface area contributed by atoms with Crippen LogP contribution in [0.15, 0.2) is 28.8 Å². The van der Waals surface area contributed by atoms with Gasteiger partial charge in [-0.2, -0.15) is 4.98 Å². The largest absolute Gasteiger partial charge is 0.478 e. The molecular weight excluding hydrogens is 306 g/mol. The van der Waals surface area contributed by atoms with Gasteiger partial charge in [-0.25, -0.2) is 4.79 Å². The third-order valence-corrected chi connectivity index (χ3v) is 4.48. The lowest BCUT2D eigenvalue weighted by Crippen LogP contribution is -2.34. The van der Waals surface area contributed by atoms with E-state index in [2.05, 4.69) is 15.0 Å². The molecule has 0 unspecified atom stereocenters. The van der Waals surface area contributed by atoms with E-state index in [-0.39, 0.29) is 5.92 Å². The van der Waals surface area contributed by atoms with Gasteiger partial charge in [0.15, 0.2) is 5.82 Å². The Balaban J connectivity index is 1.64. The molecule has 0 radical (unpaired) electrons. The monoisotopic (exact) mass is 329 g/mol. The standard InChI is InChI=1S/C18H23N3O3/c1-12(2)17-19-16(20-24-17)11-21-9-3-4-15(10-21)13-5-7-14(8-6-13)18(22)23/h5-8,12,15H,3-4,9-11H2,1-2H3,(H,22,23)/t15-/m1/s1. The van der Waals surface area contributed by atoms with Crippen molar-refractivity contribution in [1.29, 1.82) is 0 Å². The molecule has 128 valence electrons. The van der Waals surface area contributed by atoms with E-state index in [0.717, 1.165) is 31.8 Å². The molecule has 1 saturated heterocycles. The maximum atomic E-state index is 11.0. The number of nitrogens with zero attached hydrogens (tertiary/aromatic N) is 3. The first-order valence-electron chi connectivity index (χ1n) is 8.41. The van der Waals surface area contributed by atoms with Crippen LogP contribution in [0.25, 0.3) is 0 Å². The van der Waals surface area contributed by atoms with Gasteiger partial charge in [0.05, 0.1) is 12.1 Å². The minimum absolute atomic E-state index is 0.244. The summed E-state index contributed by atoms with van der Waals surface area (Å²) in [5.41, 5.74) is 1.53. The lowest BCUT2D eigenvalue weighted by atomic mass is 9.90. The molecule has 0 amide bonds. The number of aromatic carboxylic acids is 1. The number of benzene rings is 1. The topological polar surface area (TPSA) is 79.5 Å². The van der Waals surface area contributed by atoms with Crippen molar-refractivity contribution in [3.63, 3.8) is 0 Å². The van der Waals surface area contributed by atoms with Crippen molar-refractivity contribution in [1.82, 2.24) is 15.0 Å². The van der Waals surface area contributed by atoms with Crippen molar-refractivity contribution in [2.45, 2.75) is 45.1 Å². The van der Waals surface area contributed by atoms with Gasteiger partial charge in [-0.05, 0) is 43.0 Å². The smallest absolute Gasteiger partial charge is 0.335 e. The molecule has 2 heterocycles. The molecule has 24 heavy (non-hydrogen) atoms. The Hall–Kier alpha value is -2.21. The van der Waals surface area contributed by atoms with Crippen LogP contribution < -0.4 is 0 Å². The second kappa shape index (κ2) is 7.13. The molecule has 0 saturated carbocycles. The summed E-state index contributed by atoms with van der Waals surface area (Å²) in [6.07, 6.45) is 2.23. The van der Waals surface area contributed by atoms with Crippen LogP contribution in [0.5, 0.6) is 0 Å². The van der Waals surface area contributed by atoms with Gasteiger partial charge in [0.2, 0.25) is 5.89 Å². The highest BCUT2D eigenvalue weighted by Gasteiger charge is 2.23. The van der Waals surface area contributed by atoms with Crippen molar-refractivity contribution >= 4 is 5.97 Å². The van der Waals surface area contributed by atoms with Gasteiger partial charge in [0.1, 0.15) is 0 Å². The number of rotatable bonds is 5. The lowest BCUT2D eigenvalue weighted by molar-refractivity contribution is 0.0697. The Morgan fingerprint density at radius 1 is 1.38 bits per heavy atom. The van der Waals surface area contributed by atoms with E-state index >= 15 is 0 Å².